The van der Waals surface area contributed by atoms with E-state index in [2.05, 4.69) is 29.8 Å². The maximum Gasteiger partial charge on any atom is 0.252 e. The summed E-state index contributed by atoms with van der Waals surface area (Å²) in [6.07, 6.45) is 3.23. The second-order valence-corrected chi connectivity index (χ2v) is 10.5. The van der Waals surface area contributed by atoms with E-state index < -0.39 is 6.04 Å². The highest BCUT2D eigenvalue weighted by molar-refractivity contribution is 6.11. The first-order valence-corrected chi connectivity index (χ1v) is 13.9. The Hall–Kier alpha value is -4.23. The lowest BCUT2D eigenvalue weighted by Gasteiger charge is -2.32. The van der Waals surface area contributed by atoms with Crippen LogP contribution in [0.25, 0.3) is 16.7 Å². The van der Waals surface area contributed by atoms with Gasteiger partial charge in [0.05, 0.1) is 12.1 Å². The Kier molecular flexibility index (Phi) is 9.17. The monoisotopic (exact) mass is 538 g/mol. The van der Waals surface area contributed by atoms with Gasteiger partial charge in [-0.3, -0.25) is 14.4 Å². The van der Waals surface area contributed by atoms with Crippen molar-refractivity contribution in [1.29, 1.82) is 0 Å². The first-order valence-electron chi connectivity index (χ1n) is 13.9. The van der Waals surface area contributed by atoms with Gasteiger partial charge in [0.15, 0.2) is 0 Å². The van der Waals surface area contributed by atoms with Crippen molar-refractivity contribution in [3.63, 3.8) is 0 Å². The molecule has 5 N–H and O–H groups in total. The second-order valence-electron chi connectivity index (χ2n) is 10.5. The van der Waals surface area contributed by atoms with E-state index in [1.54, 1.807) is 12.1 Å². The third kappa shape index (κ3) is 6.15. The van der Waals surface area contributed by atoms with E-state index in [4.69, 9.17) is 5.73 Å². The Balaban J connectivity index is 1.67. The third-order valence-corrected chi connectivity index (χ3v) is 7.82. The predicted molar refractivity (Wildman–Crippen MR) is 162 cm³/mol. The van der Waals surface area contributed by atoms with E-state index in [-0.39, 0.29) is 35.6 Å². The van der Waals surface area contributed by atoms with Crippen molar-refractivity contribution in [3.05, 3.63) is 90.0 Å². The summed E-state index contributed by atoms with van der Waals surface area (Å²) < 4.78 is 0. The number of amides is 3. The first-order chi connectivity index (χ1) is 19.2. The number of carbonyl (C=O) groups excluding carboxylic acids is 3. The zero-order chi connectivity index (χ0) is 28.8. The molecule has 208 valence electrons. The molecule has 2 unspecified atom stereocenters. The molecule has 0 bridgehead atoms. The lowest BCUT2D eigenvalue weighted by atomic mass is 9.82. The molecule has 1 aliphatic heterocycles. The van der Waals surface area contributed by atoms with Crippen molar-refractivity contribution in [2.45, 2.75) is 52.6 Å². The van der Waals surface area contributed by atoms with E-state index in [1.165, 1.54) is 0 Å². The summed E-state index contributed by atoms with van der Waals surface area (Å²) in [6.45, 7) is 8.10. The number of para-hydroxylation sites is 2. The van der Waals surface area contributed by atoms with Crippen LogP contribution in [0.1, 0.15) is 56.5 Å². The molecule has 0 saturated heterocycles. The number of rotatable bonds is 9. The molecule has 3 aromatic rings. The SMILES string of the molecule is CCC(C)C1NC(=O)c2ccccc2/C1=C/C(=O)Nc1ccccc1-c1ccccc1NC(=O)[C@@H](N)[C@@H](C)CC. The number of nitrogens with two attached hydrogens (primary N) is 1. The van der Waals surface area contributed by atoms with Crippen molar-refractivity contribution in [2.75, 3.05) is 10.6 Å². The number of fused-ring (bicyclic) bond motifs is 1. The molecule has 4 rings (SSSR count). The number of hydrogen-bond acceptors (Lipinski definition) is 4. The van der Waals surface area contributed by atoms with Crippen molar-refractivity contribution < 1.29 is 14.4 Å². The average molecular weight is 539 g/mol. The number of carbonyl (C=O) groups is 3. The van der Waals surface area contributed by atoms with Crippen LogP contribution >= 0.6 is 0 Å². The van der Waals surface area contributed by atoms with Crippen LogP contribution in [0.3, 0.4) is 0 Å². The standard InChI is InChI=1S/C33H38N4O3/c1-5-20(3)30(34)33(40)36-28-18-12-10-15-24(28)23-14-9-11-17-27(23)35-29(38)19-26-22-13-7-8-16-25(22)32(39)37-31(26)21(4)6-2/h7-21,30-31H,5-6,34H2,1-4H3,(H,35,38)(H,36,40)(H,37,39)/b26-19-/t20-,21?,30-,31?/m0/s1. The van der Waals surface area contributed by atoms with Crippen LogP contribution < -0.4 is 21.7 Å². The van der Waals surface area contributed by atoms with E-state index in [0.717, 1.165) is 35.1 Å². The minimum atomic E-state index is -0.628. The molecule has 4 atom stereocenters. The highest BCUT2D eigenvalue weighted by Gasteiger charge is 2.32. The minimum Gasteiger partial charge on any atom is -0.345 e. The summed E-state index contributed by atoms with van der Waals surface area (Å²) >= 11 is 0. The summed E-state index contributed by atoms with van der Waals surface area (Å²) in [6, 6.07) is 21.4. The van der Waals surface area contributed by atoms with Crippen molar-refractivity contribution >= 4 is 34.7 Å². The van der Waals surface area contributed by atoms with Gasteiger partial charge >= 0.3 is 0 Å². The molecule has 7 nitrogen and oxygen atoms in total. The molecule has 0 aromatic heterocycles. The zero-order valence-corrected chi connectivity index (χ0v) is 23.5. The fraction of sp³-hybridized carbons (Fsp3) is 0.303. The van der Waals surface area contributed by atoms with Gasteiger partial charge in [0.2, 0.25) is 11.8 Å². The minimum absolute atomic E-state index is 0.0423. The van der Waals surface area contributed by atoms with Gasteiger partial charge in [-0.05, 0) is 41.2 Å². The molecule has 3 aromatic carbocycles. The van der Waals surface area contributed by atoms with Gasteiger partial charge in [-0.1, -0.05) is 95.1 Å². The molecule has 0 radical (unpaired) electrons. The van der Waals surface area contributed by atoms with Crippen molar-refractivity contribution in [3.8, 4) is 11.1 Å². The van der Waals surface area contributed by atoms with Crippen molar-refractivity contribution in [1.82, 2.24) is 5.32 Å². The fourth-order valence-electron chi connectivity index (χ4n) is 4.94. The summed E-state index contributed by atoms with van der Waals surface area (Å²) in [5.41, 5.74) is 11.0. The molecule has 0 spiro atoms. The Morgan fingerprint density at radius 2 is 1.35 bits per heavy atom. The number of hydrogen-bond donors (Lipinski definition) is 4. The lowest BCUT2D eigenvalue weighted by molar-refractivity contribution is -0.118. The highest BCUT2D eigenvalue weighted by Crippen LogP contribution is 2.35. The zero-order valence-electron chi connectivity index (χ0n) is 23.5. The Bertz CT molecular complexity index is 1430. The van der Waals surface area contributed by atoms with E-state index in [9.17, 15) is 14.4 Å². The fourth-order valence-corrected chi connectivity index (χ4v) is 4.94. The molecule has 40 heavy (non-hydrogen) atoms. The van der Waals surface area contributed by atoms with Gasteiger partial charge in [0.25, 0.3) is 5.91 Å². The number of nitrogens with one attached hydrogen (secondary N) is 3. The number of benzene rings is 3. The maximum atomic E-state index is 13.5. The van der Waals surface area contributed by atoms with E-state index in [0.29, 0.717) is 16.9 Å². The Morgan fingerprint density at radius 3 is 1.93 bits per heavy atom. The van der Waals surface area contributed by atoms with Gasteiger partial charge in [-0.15, -0.1) is 0 Å². The van der Waals surface area contributed by atoms with Gasteiger partial charge in [-0.25, -0.2) is 0 Å². The van der Waals surface area contributed by atoms with Crippen LogP contribution in [0.5, 0.6) is 0 Å². The summed E-state index contributed by atoms with van der Waals surface area (Å²) in [5, 5.41) is 9.11. The smallest absolute Gasteiger partial charge is 0.252 e. The van der Waals surface area contributed by atoms with E-state index in [1.807, 2.05) is 80.6 Å². The first kappa shape index (κ1) is 28.8. The molecule has 0 aliphatic carbocycles. The summed E-state index contributed by atoms with van der Waals surface area (Å²) in [4.78, 5) is 39.1. The van der Waals surface area contributed by atoms with Gasteiger partial charge in [0, 0.05) is 34.1 Å². The quantitative estimate of drug-likeness (QED) is 0.256. The molecule has 0 fully saturated rings. The van der Waals surface area contributed by atoms with Crippen molar-refractivity contribution in [2.24, 2.45) is 17.6 Å². The second kappa shape index (κ2) is 12.7. The van der Waals surface area contributed by atoms with Crippen LogP contribution in [0.15, 0.2) is 78.9 Å². The maximum absolute atomic E-state index is 13.5. The predicted octanol–water partition coefficient (Wildman–Crippen LogP) is 5.85. The summed E-state index contributed by atoms with van der Waals surface area (Å²) in [7, 11) is 0. The van der Waals surface area contributed by atoms with Gasteiger partial charge in [0.1, 0.15) is 0 Å². The molecular weight excluding hydrogens is 500 g/mol. The normalized spacial score (nSPS) is 17.8. The average Bonchev–Trinajstić information content (AvgIpc) is 2.97. The van der Waals surface area contributed by atoms with Gasteiger partial charge in [-0.2, -0.15) is 0 Å². The molecule has 7 heteroatoms. The Morgan fingerprint density at radius 1 is 0.825 bits per heavy atom. The van der Waals surface area contributed by atoms with Crippen LogP contribution in [0.4, 0.5) is 11.4 Å². The molecule has 1 heterocycles. The van der Waals surface area contributed by atoms with Crippen LogP contribution in [-0.2, 0) is 9.59 Å². The third-order valence-electron chi connectivity index (χ3n) is 7.82. The lowest BCUT2D eigenvalue weighted by Crippen LogP contribution is -2.44. The van der Waals surface area contributed by atoms with E-state index >= 15 is 0 Å². The van der Waals surface area contributed by atoms with Crippen LogP contribution in [0.2, 0.25) is 0 Å². The molecule has 0 saturated carbocycles. The molecule has 3 amide bonds. The number of anilines is 2. The Labute approximate surface area is 236 Å². The topological polar surface area (TPSA) is 113 Å². The molecule has 1 aliphatic rings. The summed E-state index contributed by atoms with van der Waals surface area (Å²) in [5.74, 6) is -0.499. The highest BCUT2D eigenvalue weighted by atomic mass is 16.2. The van der Waals surface area contributed by atoms with Crippen LogP contribution in [-0.4, -0.2) is 29.8 Å². The largest absolute Gasteiger partial charge is 0.345 e. The molecular formula is C33H38N4O3. The van der Waals surface area contributed by atoms with Crippen LogP contribution in [0, 0.1) is 11.8 Å². The van der Waals surface area contributed by atoms with Gasteiger partial charge < -0.3 is 21.7 Å².